The number of hydrogen-bond donors (Lipinski definition) is 1. The van der Waals surface area contributed by atoms with Gasteiger partial charge in [0.05, 0.1) is 23.4 Å². The third kappa shape index (κ3) is 3.18. The summed E-state index contributed by atoms with van der Waals surface area (Å²) in [7, 11) is 1.50. The van der Waals surface area contributed by atoms with Gasteiger partial charge >= 0.3 is 0 Å². The lowest BCUT2D eigenvalue weighted by molar-refractivity contribution is 0.102. The lowest BCUT2D eigenvalue weighted by atomic mass is 10.1. The topological polar surface area (TPSA) is 81.9 Å². The van der Waals surface area contributed by atoms with Gasteiger partial charge in [-0.25, -0.2) is 4.39 Å². The van der Waals surface area contributed by atoms with Crippen LogP contribution < -0.4 is 10.1 Å². The van der Waals surface area contributed by atoms with Crippen molar-refractivity contribution >= 4 is 23.2 Å². The highest BCUT2D eigenvalue weighted by Gasteiger charge is 2.15. The van der Waals surface area contributed by atoms with Crippen LogP contribution in [0.4, 0.5) is 10.1 Å². The number of tetrazole rings is 1. The van der Waals surface area contributed by atoms with E-state index in [-0.39, 0.29) is 11.3 Å². The predicted octanol–water partition coefficient (Wildman–Crippen LogP) is 2.72. The first-order chi connectivity index (χ1) is 11.6. The molecule has 2 aromatic carbocycles. The molecule has 0 aliphatic heterocycles. The highest BCUT2D eigenvalue weighted by atomic mass is 35.5. The Morgan fingerprint density at radius 1 is 1.29 bits per heavy atom. The number of aromatic nitrogens is 4. The SMILES string of the molecule is COc1ccc(NC(=O)c2ccc(F)cc2-n2cnnn2)cc1Cl. The van der Waals surface area contributed by atoms with Crippen LogP contribution in [0.1, 0.15) is 10.4 Å². The standard InChI is InChI=1S/C15H11ClFN5O2/c1-24-14-5-3-10(7-12(14)16)19-15(23)11-4-2-9(17)6-13(11)22-8-18-20-21-22/h2-8H,1H3,(H,19,23). The summed E-state index contributed by atoms with van der Waals surface area (Å²) in [6, 6.07) is 8.54. The van der Waals surface area contributed by atoms with E-state index in [1.807, 2.05) is 0 Å². The maximum Gasteiger partial charge on any atom is 0.257 e. The summed E-state index contributed by atoms with van der Waals surface area (Å²) in [5.74, 6) is -0.475. The summed E-state index contributed by atoms with van der Waals surface area (Å²) < 4.78 is 19.8. The van der Waals surface area contributed by atoms with Gasteiger partial charge in [0.15, 0.2) is 0 Å². The Bertz CT molecular complexity index is 886. The highest BCUT2D eigenvalue weighted by molar-refractivity contribution is 6.32. The van der Waals surface area contributed by atoms with Gasteiger partial charge in [-0.3, -0.25) is 4.79 Å². The van der Waals surface area contributed by atoms with E-state index in [1.54, 1.807) is 18.2 Å². The lowest BCUT2D eigenvalue weighted by Gasteiger charge is -2.11. The van der Waals surface area contributed by atoms with E-state index in [9.17, 15) is 9.18 Å². The average molecular weight is 348 g/mol. The van der Waals surface area contributed by atoms with Crippen molar-refractivity contribution in [3.05, 3.63) is 59.1 Å². The molecule has 1 N–H and O–H groups in total. The van der Waals surface area contributed by atoms with Gasteiger partial charge in [-0.15, -0.1) is 5.10 Å². The van der Waals surface area contributed by atoms with Crippen molar-refractivity contribution in [2.24, 2.45) is 0 Å². The van der Waals surface area contributed by atoms with E-state index < -0.39 is 11.7 Å². The molecule has 122 valence electrons. The molecular formula is C15H11ClFN5O2. The molecule has 7 nitrogen and oxygen atoms in total. The second-order valence-electron chi connectivity index (χ2n) is 4.72. The molecule has 0 fully saturated rings. The van der Waals surface area contributed by atoms with Crippen LogP contribution in [0.2, 0.25) is 5.02 Å². The van der Waals surface area contributed by atoms with Crippen LogP contribution in [0.15, 0.2) is 42.7 Å². The first-order valence-electron chi connectivity index (χ1n) is 6.76. The van der Waals surface area contributed by atoms with Gasteiger partial charge in [-0.05, 0) is 40.8 Å². The monoisotopic (exact) mass is 347 g/mol. The fraction of sp³-hybridized carbons (Fsp3) is 0.0667. The Hall–Kier alpha value is -3.00. The van der Waals surface area contributed by atoms with Crippen molar-refractivity contribution in [2.75, 3.05) is 12.4 Å². The molecule has 3 aromatic rings. The first kappa shape index (κ1) is 15.9. The summed E-state index contributed by atoms with van der Waals surface area (Å²) in [4.78, 5) is 12.5. The molecule has 1 aromatic heterocycles. The van der Waals surface area contributed by atoms with Crippen LogP contribution in [0.5, 0.6) is 5.75 Å². The van der Waals surface area contributed by atoms with Crippen LogP contribution in [-0.4, -0.2) is 33.2 Å². The zero-order chi connectivity index (χ0) is 17.1. The highest BCUT2D eigenvalue weighted by Crippen LogP contribution is 2.27. The molecular weight excluding hydrogens is 337 g/mol. The Kier molecular flexibility index (Phi) is 4.39. The molecule has 0 bridgehead atoms. The molecule has 0 unspecified atom stereocenters. The number of ether oxygens (including phenoxy) is 1. The molecule has 0 radical (unpaired) electrons. The second-order valence-corrected chi connectivity index (χ2v) is 5.13. The first-order valence-corrected chi connectivity index (χ1v) is 7.14. The molecule has 0 spiro atoms. The van der Waals surface area contributed by atoms with E-state index in [4.69, 9.17) is 16.3 Å². The fourth-order valence-electron chi connectivity index (χ4n) is 2.10. The molecule has 0 atom stereocenters. The molecule has 0 aliphatic carbocycles. The van der Waals surface area contributed by atoms with Gasteiger partial charge in [0, 0.05) is 11.8 Å². The predicted molar refractivity (Wildman–Crippen MR) is 85.1 cm³/mol. The molecule has 0 saturated heterocycles. The molecule has 0 saturated carbocycles. The smallest absolute Gasteiger partial charge is 0.257 e. The largest absolute Gasteiger partial charge is 0.495 e. The second kappa shape index (κ2) is 6.63. The lowest BCUT2D eigenvalue weighted by Crippen LogP contribution is -2.15. The summed E-state index contributed by atoms with van der Waals surface area (Å²) in [6.45, 7) is 0. The van der Waals surface area contributed by atoms with Crippen LogP contribution in [0.25, 0.3) is 5.69 Å². The fourth-order valence-corrected chi connectivity index (χ4v) is 2.36. The van der Waals surface area contributed by atoms with E-state index in [0.29, 0.717) is 16.5 Å². The van der Waals surface area contributed by atoms with Gasteiger partial charge in [-0.1, -0.05) is 11.6 Å². The normalized spacial score (nSPS) is 10.5. The quantitative estimate of drug-likeness (QED) is 0.784. The van der Waals surface area contributed by atoms with Crippen molar-refractivity contribution in [1.29, 1.82) is 0 Å². The number of carbonyl (C=O) groups is 1. The third-order valence-corrected chi connectivity index (χ3v) is 3.51. The molecule has 24 heavy (non-hydrogen) atoms. The number of hydrogen-bond acceptors (Lipinski definition) is 5. The summed E-state index contributed by atoms with van der Waals surface area (Å²) in [6.07, 6.45) is 1.27. The Labute approximate surface area is 141 Å². The third-order valence-electron chi connectivity index (χ3n) is 3.21. The van der Waals surface area contributed by atoms with Crippen LogP contribution in [-0.2, 0) is 0 Å². The van der Waals surface area contributed by atoms with Crippen molar-refractivity contribution in [3.63, 3.8) is 0 Å². The number of anilines is 1. The minimum Gasteiger partial charge on any atom is -0.495 e. The van der Waals surface area contributed by atoms with Crippen LogP contribution in [0, 0.1) is 5.82 Å². The molecule has 1 heterocycles. The number of carbonyl (C=O) groups excluding carboxylic acids is 1. The van der Waals surface area contributed by atoms with Gasteiger partial charge in [-0.2, -0.15) is 4.68 Å². The van der Waals surface area contributed by atoms with E-state index in [1.165, 1.54) is 36.3 Å². The minimum atomic E-state index is -0.510. The summed E-state index contributed by atoms with van der Waals surface area (Å²) in [5.41, 5.74) is 0.894. The zero-order valence-electron chi connectivity index (χ0n) is 12.4. The van der Waals surface area contributed by atoms with E-state index in [2.05, 4.69) is 20.8 Å². The molecule has 9 heteroatoms. The summed E-state index contributed by atoms with van der Waals surface area (Å²) in [5, 5.41) is 13.7. The number of amides is 1. The maximum absolute atomic E-state index is 13.5. The van der Waals surface area contributed by atoms with Gasteiger partial charge in [0.25, 0.3) is 5.91 Å². The number of halogens is 2. The van der Waals surface area contributed by atoms with Crippen LogP contribution >= 0.6 is 11.6 Å². The van der Waals surface area contributed by atoms with Gasteiger partial charge < -0.3 is 10.1 Å². The number of rotatable bonds is 4. The molecule has 0 aliphatic rings. The Balaban J connectivity index is 1.92. The van der Waals surface area contributed by atoms with Crippen molar-refractivity contribution in [2.45, 2.75) is 0 Å². The van der Waals surface area contributed by atoms with Crippen molar-refractivity contribution in [3.8, 4) is 11.4 Å². The summed E-state index contributed by atoms with van der Waals surface area (Å²) >= 11 is 6.04. The van der Waals surface area contributed by atoms with E-state index in [0.717, 1.165) is 0 Å². The molecule has 1 amide bonds. The average Bonchev–Trinajstić information content (AvgIpc) is 3.09. The van der Waals surface area contributed by atoms with Crippen LogP contribution in [0.3, 0.4) is 0 Å². The maximum atomic E-state index is 13.5. The minimum absolute atomic E-state index is 0.204. The number of nitrogens with zero attached hydrogens (tertiary/aromatic N) is 4. The van der Waals surface area contributed by atoms with E-state index >= 15 is 0 Å². The Morgan fingerprint density at radius 3 is 2.79 bits per heavy atom. The van der Waals surface area contributed by atoms with Gasteiger partial charge in [0.1, 0.15) is 17.9 Å². The number of benzene rings is 2. The van der Waals surface area contributed by atoms with Crippen molar-refractivity contribution < 1.29 is 13.9 Å². The van der Waals surface area contributed by atoms with Gasteiger partial charge in [0.2, 0.25) is 0 Å². The number of nitrogens with one attached hydrogen (secondary N) is 1. The zero-order valence-corrected chi connectivity index (χ0v) is 13.2. The molecule has 3 rings (SSSR count). The Morgan fingerprint density at radius 2 is 2.12 bits per heavy atom. The number of methoxy groups -OCH3 is 1. The van der Waals surface area contributed by atoms with Crippen molar-refractivity contribution in [1.82, 2.24) is 20.2 Å².